The van der Waals surface area contributed by atoms with Gasteiger partial charge < -0.3 is 5.73 Å². The number of nitrogen functional groups attached to an aromatic ring is 1. The van der Waals surface area contributed by atoms with Gasteiger partial charge in [0, 0.05) is 17.0 Å². The molecule has 1 aromatic carbocycles. The molecule has 0 aliphatic heterocycles. The van der Waals surface area contributed by atoms with Gasteiger partial charge in [0.05, 0.1) is 10.0 Å². The molecule has 21 heavy (non-hydrogen) atoms. The molecule has 2 unspecified atom stereocenters. The van der Waals surface area contributed by atoms with Crippen molar-refractivity contribution < 1.29 is 8.42 Å². The minimum Gasteiger partial charge on any atom is -0.399 e. The number of thioether (sulfide) groups is 1. The van der Waals surface area contributed by atoms with Gasteiger partial charge in [0.1, 0.15) is 4.90 Å². The first kappa shape index (κ1) is 17.2. The SMILES string of the molecule is CCSC1CCCC1NS(=O)(=O)c1c(Cl)cc(N)cc1Cl. The zero-order chi connectivity index (χ0) is 15.6. The lowest BCUT2D eigenvalue weighted by atomic mass is 10.3. The van der Waals surface area contributed by atoms with Gasteiger partial charge in [-0.25, -0.2) is 13.1 Å². The molecule has 0 bridgehead atoms. The summed E-state index contributed by atoms with van der Waals surface area (Å²) in [5.41, 5.74) is 5.95. The molecule has 0 aromatic heterocycles. The number of hydrogen-bond donors (Lipinski definition) is 2. The van der Waals surface area contributed by atoms with E-state index in [0.717, 1.165) is 25.0 Å². The topological polar surface area (TPSA) is 72.2 Å². The van der Waals surface area contributed by atoms with Crippen molar-refractivity contribution in [1.29, 1.82) is 0 Å². The summed E-state index contributed by atoms with van der Waals surface area (Å²) in [7, 11) is -3.76. The van der Waals surface area contributed by atoms with Crippen molar-refractivity contribution in [3.05, 3.63) is 22.2 Å². The predicted molar refractivity (Wildman–Crippen MR) is 90.8 cm³/mol. The average molecular weight is 369 g/mol. The van der Waals surface area contributed by atoms with E-state index in [2.05, 4.69) is 11.6 Å². The average Bonchev–Trinajstić information content (AvgIpc) is 2.74. The normalized spacial score (nSPS) is 22.6. The second-order valence-corrected chi connectivity index (χ2v) is 8.95. The lowest BCUT2D eigenvalue weighted by Gasteiger charge is -2.21. The van der Waals surface area contributed by atoms with Crippen LogP contribution in [0.25, 0.3) is 0 Å². The highest BCUT2D eigenvalue weighted by Crippen LogP contribution is 2.34. The summed E-state index contributed by atoms with van der Waals surface area (Å²) in [6.07, 6.45) is 2.88. The van der Waals surface area contributed by atoms with E-state index < -0.39 is 10.0 Å². The second kappa shape index (κ2) is 6.96. The van der Waals surface area contributed by atoms with Gasteiger partial charge in [-0.05, 0) is 30.7 Å². The molecule has 3 N–H and O–H groups in total. The first-order chi connectivity index (χ1) is 9.85. The van der Waals surface area contributed by atoms with Gasteiger partial charge in [0.15, 0.2) is 0 Å². The first-order valence-corrected chi connectivity index (χ1v) is 10.0. The fourth-order valence-corrected chi connectivity index (χ4v) is 6.40. The Balaban J connectivity index is 2.27. The Kier molecular flexibility index (Phi) is 5.71. The van der Waals surface area contributed by atoms with Gasteiger partial charge in [-0.15, -0.1) is 0 Å². The molecule has 2 rings (SSSR count). The van der Waals surface area contributed by atoms with E-state index in [4.69, 9.17) is 28.9 Å². The minimum absolute atomic E-state index is 0.0465. The molecular weight excluding hydrogens is 351 g/mol. The lowest BCUT2D eigenvalue weighted by Crippen LogP contribution is -2.39. The number of benzene rings is 1. The van der Waals surface area contributed by atoms with Crippen molar-refractivity contribution in [2.45, 2.75) is 42.4 Å². The zero-order valence-corrected chi connectivity index (χ0v) is 14.7. The summed E-state index contributed by atoms with van der Waals surface area (Å²) >= 11 is 13.8. The number of rotatable bonds is 5. The molecule has 0 spiro atoms. The Labute approximate surface area is 139 Å². The highest BCUT2D eigenvalue weighted by molar-refractivity contribution is 8.00. The molecule has 0 heterocycles. The Morgan fingerprint density at radius 2 is 1.95 bits per heavy atom. The Bertz CT molecular complexity index is 600. The summed E-state index contributed by atoms with van der Waals surface area (Å²) in [4.78, 5) is -0.0906. The molecule has 0 radical (unpaired) electrons. The number of nitrogens with one attached hydrogen (secondary N) is 1. The maximum absolute atomic E-state index is 12.6. The van der Waals surface area contributed by atoms with Crippen LogP contribution in [0.3, 0.4) is 0 Å². The van der Waals surface area contributed by atoms with Crippen LogP contribution in [0.1, 0.15) is 26.2 Å². The van der Waals surface area contributed by atoms with Gasteiger partial charge in [0.25, 0.3) is 0 Å². The van der Waals surface area contributed by atoms with Crippen molar-refractivity contribution in [3.8, 4) is 0 Å². The summed E-state index contributed by atoms with van der Waals surface area (Å²) in [6.45, 7) is 2.07. The molecule has 1 fully saturated rings. The Morgan fingerprint density at radius 1 is 1.33 bits per heavy atom. The third-order valence-electron chi connectivity index (χ3n) is 3.43. The third kappa shape index (κ3) is 3.99. The van der Waals surface area contributed by atoms with E-state index in [-0.39, 0.29) is 21.0 Å². The van der Waals surface area contributed by atoms with Crippen LogP contribution >= 0.6 is 35.0 Å². The zero-order valence-electron chi connectivity index (χ0n) is 11.6. The van der Waals surface area contributed by atoms with Gasteiger partial charge in [0.2, 0.25) is 10.0 Å². The van der Waals surface area contributed by atoms with Gasteiger partial charge >= 0.3 is 0 Å². The molecule has 118 valence electrons. The summed E-state index contributed by atoms with van der Waals surface area (Å²) in [5, 5.41) is 0.395. The molecule has 1 aliphatic carbocycles. The molecule has 0 saturated heterocycles. The number of halogens is 2. The fourth-order valence-electron chi connectivity index (χ4n) is 2.57. The van der Waals surface area contributed by atoms with Crippen LogP contribution in [0.4, 0.5) is 5.69 Å². The highest BCUT2D eigenvalue weighted by Gasteiger charge is 2.33. The number of hydrogen-bond acceptors (Lipinski definition) is 4. The summed E-state index contributed by atoms with van der Waals surface area (Å²) in [5.74, 6) is 0.965. The summed E-state index contributed by atoms with van der Waals surface area (Å²) in [6, 6.07) is 2.72. The quantitative estimate of drug-likeness (QED) is 0.779. The monoisotopic (exact) mass is 368 g/mol. The van der Waals surface area contributed by atoms with Crippen LogP contribution in [0.15, 0.2) is 17.0 Å². The minimum atomic E-state index is -3.76. The van der Waals surface area contributed by atoms with Crippen LogP contribution in [-0.2, 0) is 10.0 Å². The number of anilines is 1. The second-order valence-electron chi connectivity index (χ2n) is 4.97. The van der Waals surface area contributed by atoms with Crippen LogP contribution in [0, 0.1) is 0 Å². The van der Waals surface area contributed by atoms with Crippen LogP contribution in [-0.4, -0.2) is 25.5 Å². The molecule has 2 atom stereocenters. The smallest absolute Gasteiger partial charge is 0.243 e. The fraction of sp³-hybridized carbons (Fsp3) is 0.538. The van der Waals surface area contributed by atoms with Crippen molar-refractivity contribution in [3.63, 3.8) is 0 Å². The maximum Gasteiger partial charge on any atom is 0.243 e. The first-order valence-electron chi connectivity index (χ1n) is 6.73. The lowest BCUT2D eigenvalue weighted by molar-refractivity contribution is 0.555. The largest absolute Gasteiger partial charge is 0.399 e. The molecular formula is C13H18Cl2N2O2S2. The number of sulfonamides is 1. The van der Waals surface area contributed by atoms with Gasteiger partial charge in [-0.3, -0.25) is 0 Å². The van der Waals surface area contributed by atoms with Crippen molar-refractivity contribution in [1.82, 2.24) is 4.72 Å². The molecule has 1 aliphatic rings. The predicted octanol–water partition coefficient (Wildman–Crippen LogP) is 3.53. The van der Waals surface area contributed by atoms with Crippen LogP contribution in [0.2, 0.25) is 10.0 Å². The Hall–Kier alpha value is -0.140. The summed E-state index contributed by atoms with van der Waals surface area (Å²) < 4.78 is 27.9. The van der Waals surface area contributed by atoms with Crippen LogP contribution in [0.5, 0.6) is 0 Å². The third-order valence-corrected chi connectivity index (χ3v) is 7.17. The van der Waals surface area contributed by atoms with Gasteiger partial charge in [-0.1, -0.05) is 36.5 Å². The molecule has 1 aromatic rings. The van der Waals surface area contributed by atoms with Crippen molar-refractivity contribution in [2.24, 2.45) is 0 Å². The Morgan fingerprint density at radius 3 is 2.52 bits per heavy atom. The van der Waals surface area contributed by atoms with Crippen LogP contribution < -0.4 is 10.5 Å². The molecule has 0 amide bonds. The van der Waals surface area contributed by atoms with Gasteiger partial charge in [-0.2, -0.15) is 11.8 Å². The number of nitrogens with two attached hydrogens (primary N) is 1. The van der Waals surface area contributed by atoms with E-state index in [1.54, 1.807) is 11.8 Å². The standard InChI is InChI=1S/C13H18Cl2N2O2S2/c1-2-20-12-5-3-4-11(12)17-21(18,19)13-9(14)6-8(16)7-10(13)15/h6-7,11-12,17H,2-5,16H2,1H3. The highest BCUT2D eigenvalue weighted by atomic mass is 35.5. The van der Waals surface area contributed by atoms with E-state index in [1.807, 2.05) is 0 Å². The molecule has 1 saturated carbocycles. The van der Waals surface area contributed by atoms with E-state index in [0.29, 0.717) is 10.9 Å². The van der Waals surface area contributed by atoms with E-state index in [1.165, 1.54) is 12.1 Å². The van der Waals surface area contributed by atoms with E-state index >= 15 is 0 Å². The maximum atomic E-state index is 12.6. The van der Waals surface area contributed by atoms with Crippen molar-refractivity contribution in [2.75, 3.05) is 11.5 Å². The molecule has 4 nitrogen and oxygen atoms in total. The molecule has 8 heteroatoms. The van der Waals surface area contributed by atoms with Crippen molar-refractivity contribution >= 4 is 50.7 Å². The van der Waals surface area contributed by atoms with E-state index in [9.17, 15) is 8.42 Å².